The van der Waals surface area contributed by atoms with E-state index < -0.39 is 0 Å². The summed E-state index contributed by atoms with van der Waals surface area (Å²) in [5, 5.41) is 7.57. The number of rotatable bonds is 0. The Morgan fingerprint density at radius 3 is 1.85 bits per heavy atom. The molecule has 1 unspecified atom stereocenters. The van der Waals surface area contributed by atoms with E-state index in [2.05, 4.69) is 0 Å². The van der Waals surface area contributed by atoms with Gasteiger partial charge >= 0.3 is 0 Å². The van der Waals surface area contributed by atoms with Crippen molar-refractivity contribution in [2.45, 2.75) is 53.4 Å². The van der Waals surface area contributed by atoms with Crippen LogP contribution in [0, 0.1) is 0 Å². The third kappa shape index (κ3) is 9.80. The minimum atomic E-state index is -0.334. The van der Waals surface area contributed by atoms with E-state index in [9.17, 15) is 0 Å². The van der Waals surface area contributed by atoms with Gasteiger partial charge in [0.25, 0.3) is 0 Å². The molecule has 82 valence electrons. The van der Waals surface area contributed by atoms with Gasteiger partial charge in [0, 0.05) is 6.61 Å². The second-order valence-electron chi connectivity index (χ2n) is 2.96. The van der Waals surface area contributed by atoms with Crippen LogP contribution in [0.2, 0.25) is 0 Å². The van der Waals surface area contributed by atoms with E-state index in [1.54, 1.807) is 6.92 Å². The van der Waals surface area contributed by atoms with Crippen molar-refractivity contribution in [2.24, 2.45) is 0 Å². The maximum atomic E-state index is 7.57. The number of aliphatic hydroxyl groups is 1. The Morgan fingerprint density at radius 1 is 1.38 bits per heavy atom. The van der Waals surface area contributed by atoms with Crippen LogP contribution in [0.15, 0.2) is 0 Å². The van der Waals surface area contributed by atoms with Crippen molar-refractivity contribution in [3.8, 4) is 0 Å². The maximum absolute atomic E-state index is 7.57. The zero-order chi connectivity index (χ0) is 10.9. The minimum absolute atomic E-state index is 0.250. The molecular formula is C10H24O3. The molecule has 1 heterocycles. The molecule has 1 saturated heterocycles. The molecule has 0 aromatic carbocycles. The van der Waals surface area contributed by atoms with Crippen LogP contribution in [0.4, 0.5) is 0 Å². The zero-order valence-electron chi connectivity index (χ0n) is 9.76. The molecule has 13 heavy (non-hydrogen) atoms. The van der Waals surface area contributed by atoms with Crippen molar-refractivity contribution < 1.29 is 14.6 Å². The number of hydrogen-bond donors (Lipinski definition) is 1. The predicted molar refractivity (Wildman–Crippen MR) is 54.7 cm³/mol. The van der Waals surface area contributed by atoms with E-state index in [-0.39, 0.29) is 18.5 Å². The van der Waals surface area contributed by atoms with Crippen molar-refractivity contribution >= 4 is 0 Å². The summed E-state index contributed by atoms with van der Waals surface area (Å²) < 4.78 is 10.6. The highest BCUT2D eigenvalue weighted by Crippen LogP contribution is 2.21. The molecule has 1 aliphatic heterocycles. The summed E-state index contributed by atoms with van der Waals surface area (Å²) in [6.07, 6.45) is 0.269. The van der Waals surface area contributed by atoms with Crippen LogP contribution in [0.5, 0.6) is 0 Å². The van der Waals surface area contributed by atoms with E-state index in [1.807, 2.05) is 34.6 Å². The third-order valence-electron chi connectivity index (χ3n) is 1.15. The maximum Gasteiger partial charge on any atom is 0.163 e. The van der Waals surface area contributed by atoms with E-state index in [0.717, 1.165) is 6.61 Å². The highest BCUT2D eigenvalue weighted by Gasteiger charge is 2.29. The van der Waals surface area contributed by atoms with Crippen LogP contribution >= 0.6 is 0 Å². The summed E-state index contributed by atoms with van der Waals surface area (Å²) in [5.74, 6) is -0.334. The summed E-state index contributed by atoms with van der Waals surface area (Å²) in [7, 11) is 0. The second kappa shape index (κ2) is 8.48. The van der Waals surface area contributed by atoms with Gasteiger partial charge in [0.15, 0.2) is 5.79 Å². The average molecular weight is 192 g/mol. The first kappa shape index (κ1) is 15.4. The molecule has 0 aromatic heterocycles. The fourth-order valence-electron chi connectivity index (χ4n) is 0.871. The van der Waals surface area contributed by atoms with Crippen molar-refractivity contribution in [1.29, 1.82) is 0 Å². The Balaban J connectivity index is 0. The monoisotopic (exact) mass is 192 g/mol. The predicted octanol–water partition coefficient (Wildman–Crippen LogP) is 2.18. The first-order chi connectivity index (χ1) is 6.02. The first-order valence-corrected chi connectivity index (χ1v) is 4.94. The van der Waals surface area contributed by atoms with Gasteiger partial charge in [-0.2, -0.15) is 0 Å². The zero-order valence-corrected chi connectivity index (χ0v) is 9.76. The van der Waals surface area contributed by atoms with E-state index in [0.29, 0.717) is 0 Å². The molecule has 0 aromatic rings. The lowest BCUT2D eigenvalue weighted by Crippen LogP contribution is -2.20. The fourth-order valence-corrected chi connectivity index (χ4v) is 0.871. The van der Waals surface area contributed by atoms with Crippen molar-refractivity contribution in [2.75, 3.05) is 13.2 Å². The molecule has 0 spiro atoms. The number of aliphatic hydroxyl groups excluding tert-OH is 1. The Bertz CT molecular complexity index is 102. The molecule has 3 nitrogen and oxygen atoms in total. The van der Waals surface area contributed by atoms with E-state index >= 15 is 0 Å². The molecule has 1 fully saturated rings. The van der Waals surface area contributed by atoms with Gasteiger partial charge in [-0.25, -0.2) is 0 Å². The molecule has 1 atom stereocenters. The molecule has 0 aliphatic carbocycles. The van der Waals surface area contributed by atoms with Gasteiger partial charge in [0.1, 0.15) is 0 Å². The van der Waals surface area contributed by atoms with Gasteiger partial charge < -0.3 is 14.6 Å². The van der Waals surface area contributed by atoms with Crippen molar-refractivity contribution in [3.63, 3.8) is 0 Å². The van der Waals surface area contributed by atoms with E-state index in [1.165, 1.54) is 0 Å². The lowest BCUT2D eigenvalue weighted by molar-refractivity contribution is -0.136. The fraction of sp³-hybridized carbons (Fsp3) is 1.00. The van der Waals surface area contributed by atoms with Crippen LogP contribution in [0.25, 0.3) is 0 Å². The lowest BCUT2D eigenvalue weighted by atomic mass is 10.4. The summed E-state index contributed by atoms with van der Waals surface area (Å²) >= 11 is 0. The second-order valence-corrected chi connectivity index (χ2v) is 2.96. The molecule has 1 aliphatic rings. The topological polar surface area (TPSA) is 38.7 Å². The number of ether oxygens (including phenoxy) is 2. The van der Waals surface area contributed by atoms with Crippen LogP contribution < -0.4 is 0 Å². The van der Waals surface area contributed by atoms with Gasteiger partial charge in [0.2, 0.25) is 0 Å². The molecule has 1 rings (SSSR count). The highest BCUT2D eigenvalue weighted by atomic mass is 16.7. The SMILES string of the molecule is CC.CC1COC(C)(C)O1.CCO. The Hall–Kier alpha value is -0.120. The average Bonchev–Trinajstić information content (AvgIpc) is 2.35. The van der Waals surface area contributed by atoms with Gasteiger partial charge in [0.05, 0.1) is 12.7 Å². The standard InChI is InChI=1S/C6H12O2.C2H6O.C2H6/c1-5-4-7-6(2,3)8-5;1-2-3;1-2/h5H,4H2,1-3H3;3H,2H2,1H3;1-2H3. The van der Waals surface area contributed by atoms with Crippen LogP contribution in [0.3, 0.4) is 0 Å². The van der Waals surface area contributed by atoms with Gasteiger partial charge in [-0.1, -0.05) is 13.8 Å². The summed E-state index contributed by atoms with van der Waals surface area (Å²) in [4.78, 5) is 0. The summed E-state index contributed by atoms with van der Waals surface area (Å²) in [6, 6.07) is 0. The summed E-state index contributed by atoms with van der Waals surface area (Å²) in [6.45, 7) is 12.5. The van der Waals surface area contributed by atoms with Gasteiger partial charge in [-0.05, 0) is 27.7 Å². The molecule has 1 N–H and O–H groups in total. The number of hydrogen-bond acceptors (Lipinski definition) is 3. The minimum Gasteiger partial charge on any atom is -0.397 e. The molecule has 0 amide bonds. The normalized spacial score (nSPS) is 23.8. The Morgan fingerprint density at radius 2 is 1.77 bits per heavy atom. The summed E-state index contributed by atoms with van der Waals surface area (Å²) in [5.41, 5.74) is 0. The largest absolute Gasteiger partial charge is 0.397 e. The molecule has 0 radical (unpaired) electrons. The first-order valence-electron chi connectivity index (χ1n) is 4.94. The van der Waals surface area contributed by atoms with Crippen molar-refractivity contribution in [1.82, 2.24) is 0 Å². The molecule has 0 bridgehead atoms. The van der Waals surface area contributed by atoms with Crippen LogP contribution in [-0.2, 0) is 9.47 Å². The van der Waals surface area contributed by atoms with Crippen LogP contribution in [0.1, 0.15) is 41.5 Å². The smallest absolute Gasteiger partial charge is 0.163 e. The van der Waals surface area contributed by atoms with Gasteiger partial charge in [-0.15, -0.1) is 0 Å². The highest BCUT2D eigenvalue weighted by molar-refractivity contribution is 4.65. The van der Waals surface area contributed by atoms with E-state index in [4.69, 9.17) is 14.6 Å². The quantitative estimate of drug-likeness (QED) is 0.639. The Kier molecular flexibility index (Phi) is 10.0. The van der Waals surface area contributed by atoms with Crippen LogP contribution in [-0.4, -0.2) is 30.2 Å². The third-order valence-corrected chi connectivity index (χ3v) is 1.15. The lowest BCUT2D eigenvalue weighted by Gasteiger charge is -2.15. The Labute approximate surface area is 82.1 Å². The van der Waals surface area contributed by atoms with Gasteiger partial charge in [-0.3, -0.25) is 0 Å². The molecular weight excluding hydrogens is 168 g/mol. The molecule has 3 heteroatoms. The molecule has 0 saturated carbocycles. The van der Waals surface area contributed by atoms with Crippen molar-refractivity contribution in [3.05, 3.63) is 0 Å².